The predicted octanol–water partition coefficient (Wildman–Crippen LogP) is 0.0542. The third kappa shape index (κ3) is 2.75. The number of carboxylic acid groups (broad SMARTS) is 1. The molecular formula is C12H21N3O3. The van der Waals surface area contributed by atoms with Crippen LogP contribution in [-0.2, 0) is 4.79 Å². The van der Waals surface area contributed by atoms with Gasteiger partial charge in [-0.2, -0.15) is 0 Å². The molecule has 2 amide bonds. The molecule has 0 aromatic carbocycles. The number of likely N-dealkylation sites (tertiary alicyclic amines) is 2. The summed E-state index contributed by atoms with van der Waals surface area (Å²) < 4.78 is 0. The Morgan fingerprint density at radius 2 is 2.00 bits per heavy atom. The number of carboxylic acids is 1. The number of carbonyl (C=O) groups is 2. The summed E-state index contributed by atoms with van der Waals surface area (Å²) in [5.74, 6) is -0.651. The second kappa shape index (κ2) is 5.56. The molecule has 2 saturated heterocycles. The Balaban J connectivity index is 1.81. The van der Waals surface area contributed by atoms with Crippen molar-refractivity contribution < 1.29 is 14.7 Å². The summed E-state index contributed by atoms with van der Waals surface area (Å²) >= 11 is 0. The standard InChI is InChI=1S/C12H21N3O3/c1-13-5-9-3-2-4-14(6-9)12(18)15-7-10(8-15)11(16)17/h9-10,13H,2-8H2,1H3,(H,16,17). The van der Waals surface area contributed by atoms with Crippen LogP contribution in [0, 0.1) is 11.8 Å². The van der Waals surface area contributed by atoms with Crippen molar-refractivity contribution in [1.82, 2.24) is 15.1 Å². The van der Waals surface area contributed by atoms with E-state index in [0.29, 0.717) is 19.0 Å². The van der Waals surface area contributed by atoms with Crippen LogP contribution in [0.2, 0.25) is 0 Å². The average molecular weight is 255 g/mol. The molecule has 102 valence electrons. The van der Waals surface area contributed by atoms with Gasteiger partial charge in [0.15, 0.2) is 0 Å². The van der Waals surface area contributed by atoms with E-state index in [4.69, 9.17) is 5.11 Å². The fourth-order valence-electron chi connectivity index (χ4n) is 2.69. The zero-order valence-corrected chi connectivity index (χ0v) is 10.8. The lowest BCUT2D eigenvalue weighted by atomic mass is 9.97. The molecule has 0 bridgehead atoms. The molecule has 18 heavy (non-hydrogen) atoms. The van der Waals surface area contributed by atoms with Crippen LogP contribution >= 0.6 is 0 Å². The normalized spacial score (nSPS) is 24.8. The van der Waals surface area contributed by atoms with Crippen molar-refractivity contribution in [1.29, 1.82) is 0 Å². The molecule has 1 unspecified atom stereocenters. The Bertz CT molecular complexity index is 327. The molecule has 0 aliphatic carbocycles. The number of amides is 2. The number of urea groups is 1. The van der Waals surface area contributed by atoms with E-state index in [1.54, 1.807) is 4.90 Å². The molecule has 6 nitrogen and oxygen atoms in total. The fourth-order valence-corrected chi connectivity index (χ4v) is 2.69. The topological polar surface area (TPSA) is 72.9 Å². The number of piperidine rings is 1. The fraction of sp³-hybridized carbons (Fsp3) is 0.833. The van der Waals surface area contributed by atoms with Gasteiger partial charge in [-0.15, -0.1) is 0 Å². The Labute approximate surface area is 107 Å². The average Bonchev–Trinajstić information content (AvgIpc) is 2.27. The van der Waals surface area contributed by atoms with Gasteiger partial charge in [0, 0.05) is 26.2 Å². The molecule has 2 fully saturated rings. The van der Waals surface area contributed by atoms with Gasteiger partial charge in [-0.25, -0.2) is 4.79 Å². The summed E-state index contributed by atoms with van der Waals surface area (Å²) in [7, 11) is 1.92. The van der Waals surface area contributed by atoms with E-state index in [1.807, 2.05) is 11.9 Å². The van der Waals surface area contributed by atoms with Gasteiger partial charge < -0.3 is 20.2 Å². The summed E-state index contributed by atoms with van der Waals surface area (Å²) in [5, 5.41) is 11.9. The first-order valence-electron chi connectivity index (χ1n) is 6.53. The highest BCUT2D eigenvalue weighted by Crippen LogP contribution is 2.21. The molecule has 0 spiro atoms. The van der Waals surface area contributed by atoms with Crippen LogP contribution < -0.4 is 5.32 Å². The van der Waals surface area contributed by atoms with Gasteiger partial charge in [0.2, 0.25) is 0 Å². The molecule has 2 heterocycles. The molecule has 0 aromatic heterocycles. The van der Waals surface area contributed by atoms with Crippen LogP contribution in [-0.4, -0.2) is 66.7 Å². The minimum absolute atomic E-state index is 0.00769. The molecule has 2 aliphatic rings. The minimum Gasteiger partial charge on any atom is -0.481 e. The predicted molar refractivity (Wildman–Crippen MR) is 66.3 cm³/mol. The second-order valence-corrected chi connectivity index (χ2v) is 5.23. The lowest BCUT2D eigenvalue weighted by molar-refractivity contribution is -0.146. The maximum Gasteiger partial charge on any atom is 0.320 e. The molecule has 6 heteroatoms. The molecular weight excluding hydrogens is 234 g/mol. The summed E-state index contributed by atoms with van der Waals surface area (Å²) in [6.07, 6.45) is 2.19. The van der Waals surface area contributed by atoms with E-state index >= 15 is 0 Å². The number of hydrogen-bond acceptors (Lipinski definition) is 3. The monoisotopic (exact) mass is 255 g/mol. The first-order chi connectivity index (χ1) is 8.61. The zero-order chi connectivity index (χ0) is 13.1. The van der Waals surface area contributed by atoms with Crippen molar-refractivity contribution in [2.24, 2.45) is 11.8 Å². The zero-order valence-electron chi connectivity index (χ0n) is 10.8. The van der Waals surface area contributed by atoms with E-state index < -0.39 is 5.97 Å². The number of rotatable bonds is 3. The molecule has 0 aromatic rings. The molecule has 0 saturated carbocycles. The van der Waals surface area contributed by atoms with Gasteiger partial charge in [-0.1, -0.05) is 0 Å². The highest BCUT2D eigenvalue weighted by molar-refractivity contribution is 5.79. The SMILES string of the molecule is CNCC1CCCN(C(=O)N2CC(C(=O)O)C2)C1. The lowest BCUT2D eigenvalue weighted by Gasteiger charge is -2.42. The van der Waals surface area contributed by atoms with Gasteiger partial charge in [0.25, 0.3) is 0 Å². The minimum atomic E-state index is -0.800. The van der Waals surface area contributed by atoms with Crippen LogP contribution in [0.1, 0.15) is 12.8 Å². The number of carbonyl (C=O) groups excluding carboxylic acids is 1. The lowest BCUT2D eigenvalue weighted by Crippen LogP contribution is -2.58. The van der Waals surface area contributed by atoms with Crippen molar-refractivity contribution in [3.8, 4) is 0 Å². The van der Waals surface area contributed by atoms with Gasteiger partial charge >= 0.3 is 12.0 Å². The summed E-state index contributed by atoms with van der Waals surface area (Å²) in [6, 6.07) is 0.00769. The van der Waals surface area contributed by atoms with Gasteiger partial charge in [-0.3, -0.25) is 4.79 Å². The Hall–Kier alpha value is -1.30. The van der Waals surface area contributed by atoms with Crippen LogP contribution in [0.4, 0.5) is 4.79 Å². The van der Waals surface area contributed by atoms with E-state index in [-0.39, 0.29) is 11.9 Å². The molecule has 2 N–H and O–H groups in total. The summed E-state index contributed by atoms with van der Waals surface area (Å²) in [4.78, 5) is 26.3. The summed E-state index contributed by atoms with van der Waals surface area (Å²) in [6.45, 7) is 3.24. The van der Waals surface area contributed by atoms with Crippen LogP contribution in [0.25, 0.3) is 0 Å². The van der Waals surface area contributed by atoms with Crippen molar-refractivity contribution in [3.05, 3.63) is 0 Å². The first kappa shape index (κ1) is 13.1. The molecule has 1 atom stereocenters. The Morgan fingerprint density at radius 3 is 2.61 bits per heavy atom. The molecule has 0 radical (unpaired) electrons. The van der Waals surface area contributed by atoms with Crippen LogP contribution in [0.3, 0.4) is 0 Å². The third-order valence-corrected chi connectivity index (χ3v) is 3.78. The third-order valence-electron chi connectivity index (χ3n) is 3.78. The first-order valence-corrected chi connectivity index (χ1v) is 6.53. The van der Waals surface area contributed by atoms with Crippen molar-refractivity contribution >= 4 is 12.0 Å². The van der Waals surface area contributed by atoms with Gasteiger partial charge in [0.1, 0.15) is 0 Å². The Morgan fingerprint density at radius 1 is 1.28 bits per heavy atom. The highest BCUT2D eigenvalue weighted by atomic mass is 16.4. The quantitative estimate of drug-likeness (QED) is 0.747. The van der Waals surface area contributed by atoms with Crippen molar-refractivity contribution in [2.45, 2.75) is 12.8 Å². The van der Waals surface area contributed by atoms with Crippen molar-refractivity contribution in [2.75, 3.05) is 39.8 Å². The largest absolute Gasteiger partial charge is 0.481 e. The number of nitrogens with one attached hydrogen (secondary N) is 1. The van der Waals surface area contributed by atoms with Gasteiger partial charge in [-0.05, 0) is 32.4 Å². The maximum absolute atomic E-state index is 12.1. The van der Waals surface area contributed by atoms with E-state index in [9.17, 15) is 9.59 Å². The molecule has 2 aliphatic heterocycles. The van der Waals surface area contributed by atoms with Crippen molar-refractivity contribution in [3.63, 3.8) is 0 Å². The maximum atomic E-state index is 12.1. The number of nitrogens with zero attached hydrogens (tertiary/aromatic N) is 2. The van der Waals surface area contributed by atoms with Crippen LogP contribution in [0.15, 0.2) is 0 Å². The van der Waals surface area contributed by atoms with E-state index in [0.717, 1.165) is 32.5 Å². The smallest absolute Gasteiger partial charge is 0.320 e. The highest BCUT2D eigenvalue weighted by Gasteiger charge is 2.38. The van der Waals surface area contributed by atoms with Gasteiger partial charge in [0.05, 0.1) is 5.92 Å². The van der Waals surface area contributed by atoms with E-state index in [1.165, 1.54) is 0 Å². The van der Waals surface area contributed by atoms with E-state index in [2.05, 4.69) is 5.32 Å². The molecule has 2 rings (SSSR count). The second-order valence-electron chi connectivity index (χ2n) is 5.23. The summed E-state index contributed by atoms with van der Waals surface area (Å²) in [5.41, 5.74) is 0. The number of hydrogen-bond donors (Lipinski definition) is 2. The number of aliphatic carboxylic acids is 1. The Kier molecular flexibility index (Phi) is 4.06. The van der Waals surface area contributed by atoms with Crippen LogP contribution in [0.5, 0.6) is 0 Å².